The van der Waals surface area contributed by atoms with Crippen molar-refractivity contribution in [2.24, 2.45) is 0 Å². The Bertz CT molecular complexity index is 1300. The maximum atomic E-state index is 13.6. The van der Waals surface area contributed by atoms with Gasteiger partial charge in [-0.05, 0) is 54.4 Å². The summed E-state index contributed by atoms with van der Waals surface area (Å²) in [5.41, 5.74) is -2.66. The molecule has 1 aliphatic heterocycles. The van der Waals surface area contributed by atoms with E-state index in [9.17, 15) is 35.9 Å². The predicted octanol–water partition coefficient (Wildman–Crippen LogP) is 5.98. The highest BCUT2D eigenvalue weighted by Gasteiger charge is 2.45. The third-order valence-electron chi connectivity index (χ3n) is 5.95. The van der Waals surface area contributed by atoms with Crippen LogP contribution >= 0.6 is 0 Å². The van der Waals surface area contributed by atoms with Gasteiger partial charge in [0, 0.05) is 18.3 Å². The molecule has 0 saturated carbocycles. The molecule has 1 N–H and O–H groups in total. The topological polar surface area (TPSA) is 62.3 Å². The molecular formula is C25H19F6N3O2. The predicted molar refractivity (Wildman–Crippen MR) is 118 cm³/mol. The van der Waals surface area contributed by atoms with Crippen molar-refractivity contribution in [1.29, 1.82) is 0 Å². The number of halogens is 6. The van der Waals surface area contributed by atoms with E-state index in [0.717, 1.165) is 4.90 Å². The van der Waals surface area contributed by atoms with Crippen LogP contribution in [-0.2, 0) is 17.1 Å². The van der Waals surface area contributed by atoms with Crippen molar-refractivity contribution in [2.75, 3.05) is 12.4 Å². The second kappa shape index (κ2) is 8.96. The zero-order valence-corrected chi connectivity index (χ0v) is 18.9. The number of amides is 2. The van der Waals surface area contributed by atoms with Crippen molar-refractivity contribution in [1.82, 2.24) is 9.88 Å². The molecule has 0 aliphatic carbocycles. The fraction of sp³-hybridized carbons (Fsp3) is 0.240. The van der Waals surface area contributed by atoms with Crippen molar-refractivity contribution >= 4 is 17.6 Å². The van der Waals surface area contributed by atoms with Crippen molar-refractivity contribution in [3.05, 3.63) is 94.2 Å². The van der Waals surface area contributed by atoms with Crippen LogP contribution < -0.4 is 5.32 Å². The number of fused-ring (bicyclic) bond motifs is 1. The van der Waals surface area contributed by atoms with E-state index in [-0.39, 0.29) is 23.0 Å². The summed E-state index contributed by atoms with van der Waals surface area (Å²) < 4.78 is 81.4. The minimum Gasteiger partial charge on any atom is -0.334 e. The molecular weight excluding hydrogens is 488 g/mol. The van der Waals surface area contributed by atoms with Crippen molar-refractivity contribution in [3.8, 4) is 0 Å². The lowest BCUT2D eigenvalue weighted by Gasteiger charge is -2.40. The van der Waals surface area contributed by atoms with Crippen LogP contribution in [0.5, 0.6) is 0 Å². The molecule has 11 heteroatoms. The minimum atomic E-state index is -5.09. The summed E-state index contributed by atoms with van der Waals surface area (Å²) in [6.07, 6.45) is -10.2. The highest BCUT2D eigenvalue weighted by molar-refractivity contribution is 6.04. The van der Waals surface area contributed by atoms with Gasteiger partial charge in [-0.1, -0.05) is 24.3 Å². The molecule has 2 unspecified atom stereocenters. The molecule has 0 bridgehead atoms. The molecule has 36 heavy (non-hydrogen) atoms. The van der Waals surface area contributed by atoms with Crippen molar-refractivity contribution in [2.45, 2.75) is 31.2 Å². The quantitative estimate of drug-likeness (QED) is 0.444. The van der Waals surface area contributed by atoms with Gasteiger partial charge in [-0.25, -0.2) is 4.98 Å². The van der Waals surface area contributed by atoms with Gasteiger partial charge in [0.25, 0.3) is 5.91 Å². The van der Waals surface area contributed by atoms with Gasteiger partial charge < -0.3 is 10.2 Å². The van der Waals surface area contributed by atoms with Crippen molar-refractivity contribution in [3.63, 3.8) is 0 Å². The summed E-state index contributed by atoms with van der Waals surface area (Å²) in [5, 5.41) is 2.59. The standard InChI is InChI=1S/C25H19F6N3O2/c1-13-6-5-9-19(32-13)33-22(35)20-17-7-3-4-8-18(17)23(36)34(2)21(20)14-10-15(24(26,27)28)12-16(11-14)25(29,30)31/h3-12,20-21H,1-2H3,(H,32,33,35). The Morgan fingerprint density at radius 3 is 2.11 bits per heavy atom. The van der Waals surface area contributed by atoms with Crippen LogP contribution in [0, 0.1) is 6.92 Å². The van der Waals surface area contributed by atoms with Gasteiger partial charge in [0.2, 0.25) is 5.91 Å². The first-order valence-corrected chi connectivity index (χ1v) is 10.7. The number of nitrogens with zero attached hydrogens (tertiary/aromatic N) is 2. The van der Waals surface area contributed by atoms with E-state index in [2.05, 4.69) is 10.3 Å². The maximum Gasteiger partial charge on any atom is 0.416 e. The Kier molecular flexibility index (Phi) is 6.27. The number of carbonyl (C=O) groups is 2. The molecule has 2 heterocycles. The third kappa shape index (κ3) is 4.77. The number of nitrogens with one attached hydrogen (secondary N) is 1. The van der Waals surface area contributed by atoms with E-state index in [4.69, 9.17) is 0 Å². The van der Waals surface area contributed by atoms with Gasteiger partial charge in [0.15, 0.2) is 0 Å². The summed E-state index contributed by atoms with van der Waals surface area (Å²) in [7, 11) is 1.24. The smallest absolute Gasteiger partial charge is 0.334 e. The lowest BCUT2D eigenvalue weighted by Crippen LogP contribution is -2.44. The van der Waals surface area contributed by atoms with E-state index in [1.165, 1.54) is 31.3 Å². The number of hydrogen-bond acceptors (Lipinski definition) is 3. The van der Waals surface area contributed by atoms with E-state index in [0.29, 0.717) is 17.8 Å². The highest BCUT2D eigenvalue weighted by atomic mass is 19.4. The average molecular weight is 507 g/mol. The number of hydrogen-bond donors (Lipinski definition) is 1. The molecule has 0 fully saturated rings. The van der Waals surface area contributed by atoms with Gasteiger partial charge in [0.1, 0.15) is 5.82 Å². The van der Waals surface area contributed by atoms with Crippen LogP contribution in [0.3, 0.4) is 0 Å². The van der Waals surface area contributed by atoms with Crippen LogP contribution in [0.2, 0.25) is 0 Å². The molecule has 188 valence electrons. The Hall–Kier alpha value is -3.89. The molecule has 4 rings (SSSR count). The monoisotopic (exact) mass is 507 g/mol. The molecule has 2 amide bonds. The van der Waals surface area contributed by atoms with Gasteiger partial charge >= 0.3 is 12.4 Å². The minimum absolute atomic E-state index is 0.00778. The normalized spacial score (nSPS) is 18.1. The largest absolute Gasteiger partial charge is 0.416 e. The number of likely N-dealkylation sites (N-methyl/N-ethyl adjacent to an activating group) is 1. The first-order chi connectivity index (χ1) is 16.8. The van der Waals surface area contributed by atoms with Gasteiger partial charge in [0.05, 0.1) is 23.1 Å². The molecule has 3 aromatic rings. The van der Waals surface area contributed by atoms with Crippen LogP contribution in [0.25, 0.3) is 0 Å². The zero-order valence-electron chi connectivity index (χ0n) is 18.9. The van der Waals surface area contributed by atoms with Crippen molar-refractivity contribution < 1.29 is 35.9 Å². The number of aromatic nitrogens is 1. The van der Waals surface area contributed by atoms with Gasteiger partial charge in [-0.2, -0.15) is 26.3 Å². The zero-order chi connectivity index (χ0) is 26.4. The highest BCUT2D eigenvalue weighted by Crippen LogP contribution is 2.45. The number of rotatable bonds is 3. The molecule has 1 aromatic heterocycles. The first kappa shape index (κ1) is 25.2. The summed E-state index contributed by atoms with van der Waals surface area (Å²) >= 11 is 0. The lowest BCUT2D eigenvalue weighted by molar-refractivity contribution is -0.143. The van der Waals surface area contributed by atoms with Crippen LogP contribution in [-0.4, -0.2) is 28.7 Å². The van der Waals surface area contributed by atoms with Crippen LogP contribution in [0.4, 0.5) is 32.2 Å². The van der Waals surface area contributed by atoms with E-state index < -0.39 is 52.8 Å². The van der Waals surface area contributed by atoms with E-state index in [1.54, 1.807) is 25.1 Å². The molecule has 2 aromatic carbocycles. The Balaban J connectivity index is 1.91. The lowest BCUT2D eigenvalue weighted by atomic mass is 9.78. The average Bonchev–Trinajstić information content (AvgIpc) is 2.79. The number of aryl methyl sites for hydroxylation is 1. The summed E-state index contributed by atoms with van der Waals surface area (Å²) in [6, 6.07) is 10.4. The molecule has 0 saturated heterocycles. The Morgan fingerprint density at radius 1 is 0.917 bits per heavy atom. The summed E-state index contributed by atoms with van der Waals surface area (Å²) in [6.45, 7) is 1.68. The SMILES string of the molecule is Cc1cccc(NC(=O)C2c3ccccc3C(=O)N(C)C2c2cc(C(F)(F)F)cc(C(F)(F)F)c2)n1. The van der Waals surface area contributed by atoms with Gasteiger partial charge in [-0.3, -0.25) is 9.59 Å². The van der Waals surface area contributed by atoms with E-state index >= 15 is 0 Å². The summed E-state index contributed by atoms with van der Waals surface area (Å²) in [5.74, 6) is -2.55. The van der Waals surface area contributed by atoms with Gasteiger partial charge in [-0.15, -0.1) is 0 Å². The number of alkyl halides is 6. The molecule has 5 nitrogen and oxygen atoms in total. The van der Waals surface area contributed by atoms with E-state index in [1.807, 2.05) is 0 Å². The number of anilines is 1. The van der Waals surface area contributed by atoms with Crippen LogP contribution in [0.1, 0.15) is 50.3 Å². The Labute approximate surface area is 201 Å². The Morgan fingerprint density at radius 2 is 1.53 bits per heavy atom. The second-order valence-corrected chi connectivity index (χ2v) is 8.42. The second-order valence-electron chi connectivity index (χ2n) is 8.42. The maximum absolute atomic E-state index is 13.6. The van der Waals surface area contributed by atoms with Crippen LogP contribution in [0.15, 0.2) is 60.7 Å². The third-order valence-corrected chi connectivity index (χ3v) is 5.95. The first-order valence-electron chi connectivity index (χ1n) is 10.7. The number of carbonyl (C=O) groups excluding carboxylic acids is 2. The number of benzene rings is 2. The fourth-order valence-electron chi connectivity index (χ4n) is 4.34. The fourth-order valence-corrected chi connectivity index (χ4v) is 4.34. The number of pyridine rings is 1. The molecule has 0 radical (unpaired) electrons. The molecule has 2 atom stereocenters. The molecule has 0 spiro atoms. The molecule has 1 aliphatic rings. The summed E-state index contributed by atoms with van der Waals surface area (Å²) in [4.78, 5) is 31.8.